The van der Waals surface area contributed by atoms with E-state index in [2.05, 4.69) is 24.1 Å². The fourth-order valence-corrected chi connectivity index (χ4v) is 2.26. The summed E-state index contributed by atoms with van der Waals surface area (Å²) in [6.45, 7) is 8.45. The highest BCUT2D eigenvalue weighted by molar-refractivity contribution is 5.03. The third kappa shape index (κ3) is 2.05. The quantitative estimate of drug-likeness (QED) is 0.710. The molecule has 13 heavy (non-hydrogen) atoms. The summed E-state index contributed by atoms with van der Waals surface area (Å²) in [6.07, 6.45) is 5.46. The van der Waals surface area contributed by atoms with E-state index in [4.69, 9.17) is 0 Å². The molecular weight excluding hydrogens is 160 g/mol. The molecule has 0 aromatic heterocycles. The van der Waals surface area contributed by atoms with E-state index >= 15 is 0 Å². The molecule has 0 aromatic carbocycles. The Labute approximate surface area is 81.7 Å². The molecule has 0 bridgehead atoms. The maximum atomic E-state index is 3.62. The van der Waals surface area contributed by atoms with Crippen LogP contribution in [0.3, 0.4) is 0 Å². The first-order valence-corrected chi connectivity index (χ1v) is 5.73. The van der Waals surface area contributed by atoms with Gasteiger partial charge < -0.3 is 5.32 Å². The maximum absolute atomic E-state index is 3.62. The molecule has 1 atom stereocenters. The fourth-order valence-electron chi connectivity index (χ4n) is 2.26. The first-order chi connectivity index (χ1) is 6.24. The molecule has 2 fully saturated rings. The second-order valence-corrected chi connectivity index (χ2v) is 4.88. The van der Waals surface area contributed by atoms with E-state index in [0.29, 0.717) is 5.54 Å². The average Bonchev–Trinajstić information content (AvgIpc) is 2.69. The van der Waals surface area contributed by atoms with Gasteiger partial charge in [0.05, 0.1) is 0 Å². The Morgan fingerprint density at radius 1 is 1.46 bits per heavy atom. The Balaban J connectivity index is 1.74. The molecule has 1 aliphatic heterocycles. The van der Waals surface area contributed by atoms with Crippen molar-refractivity contribution in [3.63, 3.8) is 0 Å². The third-order valence-corrected chi connectivity index (χ3v) is 3.61. The molecule has 0 radical (unpaired) electrons. The zero-order valence-electron chi connectivity index (χ0n) is 8.97. The topological polar surface area (TPSA) is 15.3 Å². The Morgan fingerprint density at radius 3 is 2.85 bits per heavy atom. The molecule has 1 saturated heterocycles. The molecule has 2 aliphatic rings. The van der Waals surface area contributed by atoms with E-state index in [1.54, 1.807) is 0 Å². The first kappa shape index (κ1) is 9.47. The molecule has 2 heteroatoms. The number of hydrogen-bond donors (Lipinski definition) is 1. The summed E-state index contributed by atoms with van der Waals surface area (Å²) in [5.74, 6) is 0. The average molecular weight is 182 g/mol. The minimum atomic E-state index is 0.600. The second kappa shape index (κ2) is 3.58. The monoisotopic (exact) mass is 182 g/mol. The molecule has 1 unspecified atom stereocenters. The van der Waals surface area contributed by atoms with Gasteiger partial charge in [0.2, 0.25) is 0 Å². The van der Waals surface area contributed by atoms with Crippen molar-refractivity contribution in [3.05, 3.63) is 0 Å². The van der Waals surface area contributed by atoms with Crippen LogP contribution in [-0.2, 0) is 0 Å². The van der Waals surface area contributed by atoms with Gasteiger partial charge in [-0.2, -0.15) is 0 Å². The molecular formula is C11H22N2. The summed E-state index contributed by atoms with van der Waals surface area (Å²) < 4.78 is 0. The number of nitrogens with one attached hydrogen (secondary N) is 1. The smallest absolute Gasteiger partial charge is 0.0207 e. The largest absolute Gasteiger partial charge is 0.313 e. The van der Waals surface area contributed by atoms with Crippen LogP contribution in [0.2, 0.25) is 0 Å². The van der Waals surface area contributed by atoms with E-state index < -0.39 is 0 Å². The summed E-state index contributed by atoms with van der Waals surface area (Å²) >= 11 is 0. The van der Waals surface area contributed by atoms with Crippen LogP contribution in [0.4, 0.5) is 0 Å². The summed E-state index contributed by atoms with van der Waals surface area (Å²) in [5, 5.41) is 3.62. The lowest BCUT2D eigenvalue weighted by atomic mass is 10.2. The van der Waals surface area contributed by atoms with E-state index in [9.17, 15) is 0 Å². The van der Waals surface area contributed by atoms with Crippen molar-refractivity contribution in [1.29, 1.82) is 0 Å². The van der Waals surface area contributed by atoms with Crippen molar-refractivity contribution in [2.45, 2.75) is 51.1 Å². The minimum Gasteiger partial charge on any atom is -0.313 e. The van der Waals surface area contributed by atoms with Crippen molar-refractivity contribution in [2.75, 3.05) is 19.6 Å². The predicted octanol–water partition coefficient (Wildman–Crippen LogP) is 1.61. The van der Waals surface area contributed by atoms with Gasteiger partial charge in [-0.25, -0.2) is 0 Å². The number of rotatable bonds is 4. The van der Waals surface area contributed by atoms with E-state index in [-0.39, 0.29) is 0 Å². The number of hydrogen-bond acceptors (Lipinski definition) is 2. The summed E-state index contributed by atoms with van der Waals surface area (Å²) in [5.41, 5.74) is 0.600. The van der Waals surface area contributed by atoms with Gasteiger partial charge in [0.1, 0.15) is 0 Å². The highest BCUT2D eigenvalue weighted by Crippen LogP contribution is 2.42. The molecule has 0 amide bonds. The zero-order chi connectivity index (χ0) is 9.31. The Morgan fingerprint density at radius 2 is 2.23 bits per heavy atom. The van der Waals surface area contributed by atoms with Crippen molar-refractivity contribution in [3.8, 4) is 0 Å². The van der Waals surface area contributed by atoms with Gasteiger partial charge in [-0.1, -0.05) is 6.92 Å². The van der Waals surface area contributed by atoms with Gasteiger partial charge in [0.15, 0.2) is 0 Å². The lowest BCUT2D eigenvalue weighted by Gasteiger charge is -2.23. The summed E-state index contributed by atoms with van der Waals surface area (Å²) in [4.78, 5) is 2.68. The third-order valence-electron chi connectivity index (χ3n) is 3.61. The van der Waals surface area contributed by atoms with Gasteiger partial charge in [-0.05, 0) is 39.2 Å². The van der Waals surface area contributed by atoms with E-state index in [0.717, 1.165) is 6.04 Å². The molecule has 1 saturated carbocycles. The van der Waals surface area contributed by atoms with E-state index in [1.807, 2.05) is 0 Å². The van der Waals surface area contributed by atoms with Crippen LogP contribution in [-0.4, -0.2) is 36.1 Å². The normalized spacial score (nSPS) is 32.3. The number of likely N-dealkylation sites (tertiary alicyclic amines) is 1. The highest BCUT2D eigenvalue weighted by atomic mass is 15.3. The van der Waals surface area contributed by atoms with Crippen molar-refractivity contribution < 1.29 is 0 Å². The summed E-state index contributed by atoms with van der Waals surface area (Å²) in [6, 6.07) is 0.775. The maximum Gasteiger partial charge on any atom is 0.0207 e. The Kier molecular flexibility index (Phi) is 2.61. The predicted molar refractivity (Wildman–Crippen MR) is 55.9 cm³/mol. The number of nitrogens with zero attached hydrogens (tertiary/aromatic N) is 1. The zero-order valence-corrected chi connectivity index (χ0v) is 8.97. The highest BCUT2D eigenvalue weighted by Gasteiger charge is 2.45. The van der Waals surface area contributed by atoms with Crippen molar-refractivity contribution >= 4 is 0 Å². The second-order valence-electron chi connectivity index (χ2n) is 4.88. The minimum absolute atomic E-state index is 0.600. The molecule has 1 aliphatic carbocycles. The van der Waals surface area contributed by atoms with Gasteiger partial charge in [0.25, 0.3) is 0 Å². The Hall–Kier alpha value is -0.0800. The van der Waals surface area contributed by atoms with Crippen LogP contribution in [0.5, 0.6) is 0 Å². The molecule has 0 spiro atoms. The van der Waals surface area contributed by atoms with Gasteiger partial charge >= 0.3 is 0 Å². The standard InChI is InChI=1S/C11H22N2/c1-3-7-12-10-4-8-13(9-10)11(2)5-6-11/h10,12H,3-9H2,1-2H3. The molecule has 76 valence electrons. The first-order valence-electron chi connectivity index (χ1n) is 5.73. The van der Waals surface area contributed by atoms with Crippen LogP contribution in [0.1, 0.15) is 39.5 Å². The van der Waals surface area contributed by atoms with Crippen LogP contribution >= 0.6 is 0 Å². The van der Waals surface area contributed by atoms with Gasteiger partial charge in [-0.15, -0.1) is 0 Å². The van der Waals surface area contributed by atoms with Crippen LogP contribution < -0.4 is 5.32 Å². The molecule has 1 N–H and O–H groups in total. The molecule has 1 heterocycles. The lowest BCUT2D eigenvalue weighted by Crippen LogP contribution is -2.37. The van der Waals surface area contributed by atoms with E-state index in [1.165, 1.54) is 45.3 Å². The SMILES string of the molecule is CCCNC1CCN(C2(C)CC2)C1. The van der Waals surface area contributed by atoms with Crippen LogP contribution in [0, 0.1) is 0 Å². The lowest BCUT2D eigenvalue weighted by molar-refractivity contribution is 0.233. The fraction of sp³-hybridized carbons (Fsp3) is 1.00. The molecule has 2 rings (SSSR count). The molecule has 2 nitrogen and oxygen atoms in total. The van der Waals surface area contributed by atoms with Crippen LogP contribution in [0.15, 0.2) is 0 Å². The Bertz CT molecular complexity index is 175. The summed E-state index contributed by atoms with van der Waals surface area (Å²) in [7, 11) is 0. The van der Waals surface area contributed by atoms with Gasteiger partial charge in [-0.3, -0.25) is 4.90 Å². The van der Waals surface area contributed by atoms with Crippen molar-refractivity contribution in [2.24, 2.45) is 0 Å². The van der Waals surface area contributed by atoms with Gasteiger partial charge in [0, 0.05) is 24.7 Å². The van der Waals surface area contributed by atoms with Crippen molar-refractivity contribution in [1.82, 2.24) is 10.2 Å². The van der Waals surface area contributed by atoms with Crippen LogP contribution in [0.25, 0.3) is 0 Å². The molecule has 0 aromatic rings.